The first-order valence-electron chi connectivity index (χ1n) is 12.1. The Bertz CT molecular complexity index is 1430. The van der Waals surface area contributed by atoms with E-state index in [1.807, 2.05) is 18.2 Å². The van der Waals surface area contributed by atoms with Gasteiger partial charge in [0.2, 0.25) is 5.91 Å². The number of anilines is 1. The highest BCUT2D eigenvalue weighted by molar-refractivity contribution is 7.24. The van der Waals surface area contributed by atoms with Crippen molar-refractivity contribution >= 4 is 45.9 Å². The average Bonchev–Trinajstić information content (AvgIpc) is 3.64. The van der Waals surface area contributed by atoms with Gasteiger partial charge in [0.1, 0.15) is 17.1 Å². The number of fused-ring (bicyclic) bond motifs is 1. The van der Waals surface area contributed by atoms with Gasteiger partial charge in [-0.25, -0.2) is 14.3 Å². The van der Waals surface area contributed by atoms with Gasteiger partial charge in [0.25, 0.3) is 0 Å². The highest BCUT2D eigenvalue weighted by Crippen LogP contribution is 2.43. The quantitative estimate of drug-likeness (QED) is 0.245. The lowest BCUT2D eigenvalue weighted by molar-refractivity contribution is -0.135. The second-order valence-corrected chi connectivity index (χ2v) is 11.6. The maximum Gasteiger partial charge on any atom is 0.406 e. The molecule has 7 nitrogen and oxygen atoms in total. The largest absolute Gasteiger partial charge is 0.465 e. The molecule has 4 heterocycles. The fourth-order valence-electron chi connectivity index (χ4n) is 4.69. The molecule has 12 heteroatoms. The fraction of sp³-hybridized carbons (Fsp3) is 0.385. The van der Waals surface area contributed by atoms with Crippen LogP contribution in [0.1, 0.15) is 42.3 Å². The molecule has 5 rings (SSSR count). The van der Waals surface area contributed by atoms with Crippen LogP contribution in [0.4, 0.5) is 18.9 Å². The van der Waals surface area contributed by atoms with E-state index in [-0.39, 0.29) is 10.6 Å². The van der Waals surface area contributed by atoms with Crippen molar-refractivity contribution in [3.63, 3.8) is 0 Å². The lowest BCUT2D eigenvalue weighted by atomic mass is 9.82. The molecule has 0 saturated heterocycles. The normalized spacial score (nSPS) is 18.0. The van der Waals surface area contributed by atoms with Gasteiger partial charge in [0.05, 0.1) is 17.7 Å². The number of alkyl halides is 3. The van der Waals surface area contributed by atoms with Crippen molar-refractivity contribution in [3.8, 4) is 20.3 Å². The van der Waals surface area contributed by atoms with E-state index in [1.165, 1.54) is 24.5 Å². The van der Waals surface area contributed by atoms with Gasteiger partial charge in [-0.1, -0.05) is 6.92 Å². The standard InChI is InChI=1S/C26H25F3N4O3S2/c1-15-4-6-16(7-5-15)24(34)32(14-26(27,28)29)18-13-21(38-23(18)25(35)36-2)20-9-8-19(37-20)17-12-22-30-10-3-11-33(22)31-17/h3,8-13,15-16H,4-7,14H2,1-2H3/t15-,16-. The molecular weight excluding hydrogens is 537 g/mol. The van der Waals surface area contributed by atoms with Gasteiger partial charge in [-0.3, -0.25) is 4.79 Å². The van der Waals surface area contributed by atoms with Crippen LogP contribution in [0.15, 0.2) is 42.7 Å². The summed E-state index contributed by atoms with van der Waals surface area (Å²) in [5.41, 5.74) is 1.32. The molecule has 0 radical (unpaired) electrons. The number of esters is 1. The summed E-state index contributed by atoms with van der Waals surface area (Å²) >= 11 is 2.40. The molecule has 0 aromatic carbocycles. The zero-order valence-electron chi connectivity index (χ0n) is 20.7. The number of carbonyl (C=O) groups excluding carboxylic acids is 2. The zero-order chi connectivity index (χ0) is 27.0. The van der Waals surface area contributed by atoms with Crippen molar-refractivity contribution in [2.75, 3.05) is 18.6 Å². The van der Waals surface area contributed by atoms with E-state index in [1.54, 1.807) is 23.0 Å². The van der Waals surface area contributed by atoms with E-state index in [0.29, 0.717) is 35.0 Å². The van der Waals surface area contributed by atoms with Crippen LogP contribution >= 0.6 is 22.7 Å². The summed E-state index contributed by atoms with van der Waals surface area (Å²) in [5, 5.41) is 4.52. The number of ether oxygens (including phenoxy) is 1. The van der Waals surface area contributed by atoms with E-state index in [0.717, 1.165) is 38.8 Å². The van der Waals surface area contributed by atoms with Gasteiger partial charge in [0, 0.05) is 34.1 Å². The molecule has 1 saturated carbocycles. The van der Waals surface area contributed by atoms with Gasteiger partial charge >= 0.3 is 12.1 Å². The third kappa shape index (κ3) is 5.46. The number of halogens is 3. The van der Waals surface area contributed by atoms with Crippen molar-refractivity contribution in [1.29, 1.82) is 0 Å². The van der Waals surface area contributed by atoms with Crippen molar-refractivity contribution in [2.45, 2.75) is 38.8 Å². The molecule has 0 bridgehead atoms. The van der Waals surface area contributed by atoms with Crippen molar-refractivity contribution < 1.29 is 27.5 Å². The monoisotopic (exact) mass is 562 g/mol. The van der Waals surface area contributed by atoms with Gasteiger partial charge in [-0.15, -0.1) is 22.7 Å². The maximum atomic E-state index is 13.7. The van der Waals surface area contributed by atoms with E-state index in [4.69, 9.17) is 4.74 Å². The molecule has 0 aliphatic heterocycles. The summed E-state index contributed by atoms with van der Waals surface area (Å²) in [6.07, 6.45) is 1.44. The Kier molecular flexibility index (Phi) is 7.28. The number of carbonyl (C=O) groups is 2. The molecule has 1 aliphatic carbocycles. The first kappa shape index (κ1) is 26.4. The first-order chi connectivity index (χ1) is 18.1. The smallest absolute Gasteiger partial charge is 0.406 e. The molecule has 0 unspecified atom stereocenters. The Labute approximate surface area is 224 Å². The zero-order valence-corrected chi connectivity index (χ0v) is 22.3. The second-order valence-electron chi connectivity index (χ2n) is 9.43. The summed E-state index contributed by atoms with van der Waals surface area (Å²) in [6, 6.07) is 8.79. The number of methoxy groups -OCH3 is 1. The molecule has 4 aromatic rings. The summed E-state index contributed by atoms with van der Waals surface area (Å²) in [6.45, 7) is 0.606. The number of thiophene rings is 2. The third-order valence-corrected chi connectivity index (χ3v) is 9.09. The molecule has 0 spiro atoms. The molecule has 4 aromatic heterocycles. The highest BCUT2D eigenvalue weighted by atomic mass is 32.1. The minimum atomic E-state index is -4.64. The van der Waals surface area contributed by atoms with Crippen molar-refractivity contribution in [1.82, 2.24) is 14.6 Å². The molecule has 200 valence electrons. The van der Waals surface area contributed by atoms with Crippen LogP contribution in [0, 0.1) is 11.8 Å². The SMILES string of the molecule is COC(=O)c1sc(-c2ccc(-c3cc4ncccn4n3)s2)cc1N(CC(F)(F)F)C(=O)[C@H]1CC[C@H](C)CC1. The lowest BCUT2D eigenvalue weighted by Crippen LogP contribution is -2.43. The van der Waals surface area contributed by atoms with Crippen LogP contribution in [-0.4, -0.2) is 46.3 Å². The van der Waals surface area contributed by atoms with E-state index < -0.39 is 30.5 Å². The minimum absolute atomic E-state index is 0.0313. The van der Waals surface area contributed by atoms with Crippen LogP contribution in [0.3, 0.4) is 0 Å². The average molecular weight is 563 g/mol. The van der Waals surface area contributed by atoms with Gasteiger partial charge in [-0.05, 0) is 55.9 Å². The first-order valence-corrected chi connectivity index (χ1v) is 13.8. The van der Waals surface area contributed by atoms with E-state index in [2.05, 4.69) is 17.0 Å². The van der Waals surface area contributed by atoms with Crippen LogP contribution in [0.5, 0.6) is 0 Å². The number of aromatic nitrogens is 3. The number of hydrogen-bond acceptors (Lipinski definition) is 7. The molecule has 0 N–H and O–H groups in total. The summed E-state index contributed by atoms with van der Waals surface area (Å²) < 4.78 is 47.6. The summed E-state index contributed by atoms with van der Waals surface area (Å²) in [4.78, 5) is 33.2. The molecule has 0 atom stereocenters. The molecule has 1 aliphatic rings. The maximum absolute atomic E-state index is 13.7. The number of amides is 1. The predicted molar refractivity (Wildman–Crippen MR) is 140 cm³/mol. The van der Waals surface area contributed by atoms with Gasteiger partial charge < -0.3 is 9.64 Å². The molecule has 1 fully saturated rings. The Balaban J connectivity index is 1.52. The van der Waals surface area contributed by atoms with E-state index >= 15 is 0 Å². The van der Waals surface area contributed by atoms with Gasteiger partial charge in [-0.2, -0.15) is 18.3 Å². The lowest BCUT2D eigenvalue weighted by Gasteiger charge is -2.31. The fourth-order valence-corrected chi connectivity index (χ4v) is 6.81. The van der Waals surface area contributed by atoms with Crippen LogP contribution in [0.2, 0.25) is 0 Å². The minimum Gasteiger partial charge on any atom is -0.465 e. The van der Waals surface area contributed by atoms with E-state index in [9.17, 15) is 22.8 Å². The Morgan fingerprint density at radius 1 is 1.11 bits per heavy atom. The predicted octanol–water partition coefficient (Wildman–Crippen LogP) is 6.69. The number of nitrogens with zero attached hydrogens (tertiary/aromatic N) is 4. The number of rotatable bonds is 6. The number of hydrogen-bond donors (Lipinski definition) is 0. The van der Waals surface area contributed by atoms with Crippen LogP contribution < -0.4 is 4.90 Å². The van der Waals surface area contributed by atoms with Crippen molar-refractivity contribution in [2.24, 2.45) is 11.8 Å². The Hall–Kier alpha value is -3.25. The Morgan fingerprint density at radius 2 is 1.84 bits per heavy atom. The van der Waals surface area contributed by atoms with Crippen molar-refractivity contribution in [3.05, 3.63) is 47.6 Å². The molecule has 1 amide bonds. The molecule has 38 heavy (non-hydrogen) atoms. The van der Waals surface area contributed by atoms with Gasteiger partial charge in [0.15, 0.2) is 5.65 Å². The van der Waals surface area contributed by atoms with Crippen LogP contribution in [0.25, 0.3) is 26.0 Å². The third-order valence-electron chi connectivity index (χ3n) is 6.68. The van der Waals surface area contributed by atoms with Crippen LogP contribution in [-0.2, 0) is 9.53 Å². The summed E-state index contributed by atoms with van der Waals surface area (Å²) in [5.74, 6) is -1.46. The second kappa shape index (κ2) is 10.5. The highest BCUT2D eigenvalue weighted by Gasteiger charge is 2.39. The summed E-state index contributed by atoms with van der Waals surface area (Å²) in [7, 11) is 1.17. The Morgan fingerprint density at radius 3 is 2.53 bits per heavy atom. The topological polar surface area (TPSA) is 76.8 Å². The molecular formula is C26H25F3N4O3S2.